The number of amides is 1. The number of hydrogen-bond donors (Lipinski definition) is 2. The van der Waals surface area contributed by atoms with Gasteiger partial charge >= 0.3 is 0 Å². The maximum atomic E-state index is 11.5. The van der Waals surface area contributed by atoms with E-state index in [-0.39, 0.29) is 12.4 Å². The number of ketones is 1. The molecule has 0 saturated heterocycles. The Labute approximate surface area is 111 Å². The van der Waals surface area contributed by atoms with Gasteiger partial charge < -0.3 is 9.47 Å². The molecular weight excluding hydrogens is 248 g/mol. The zero-order chi connectivity index (χ0) is 14.3. The molecule has 19 heavy (non-hydrogen) atoms. The van der Waals surface area contributed by atoms with Crippen LogP contribution in [0.1, 0.15) is 23.7 Å². The molecule has 6 nitrogen and oxygen atoms in total. The highest BCUT2D eigenvalue weighted by molar-refractivity contribution is 5.95. The number of rotatable bonds is 7. The lowest BCUT2D eigenvalue weighted by Gasteiger charge is -2.16. The molecular formula is C13H18N2O4. The Balaban J connectivity index is 2.74. The molecule has 1 atom stereocenters. The Hall–Kier alpha value is -1.92. The minimum absolute atomic E-state index is 0.0553. The van der Waals surface area contributed by atoms with E-state index in [9.17, 15) is 9.59 Å². The van der Waals surface area contributed by atoms with E-state index in [0.29, 0.717) is 17.7 Å². The average molecular weight is 266 g/mol. The number of hydrogen-bond acceptors (Lipinski definition) is 5. The van der Waals surface area contributed by atoms with Gasteiger partial charge in [-0.3, -0.25) is 15.0 Å². The summed E-state index contributed by atoms with van der Waals surface area (Å²) in [5.74, 6) is 5.11. The molecule has 0 aliphatic rings. The van der Waals surface area contributed by atoms with Crippen molar-refractivity contribution < 1.29 is 19.1 Å². The Kier molecular flexibility index (Phi) is 5.98. The monoisotopic (exact) mass is 266 g/mol. The molecule has 0 bridgehead atoms. The highest BCUT2D eigenvalue weighted by Crippen LogP contribution is 2.15. The zero-order valence-electron chi connectivity index (χ0n) is 11.0. The number of methoxy groups -OCH3 is 1. The number of ether oxygens (including phenoxy) is 2. The van der Waals surface area contributed by atoms with Crippen LogP contribution < -0.4 is 16.0 Å². The van der Waals surface area contributed by atoms with Crippen LogP contribution in [0.15, 0.2) is 24.3 Å². The van der Waals surface area contributed by atoms with Crippen molar-refractivity contribution in [2.24, 2.45) is 5.84 Å². The summed E-state index contributed by atoms with van der Waals surface area (Å²) in [4.78, 5) is 22.9. The summed E-state index contributed by atoms with van der Waals surface area (Å²) >= 11 is 0. The summed E-state index contributed by atoms with van der Waals surface area (Å²) in [6.07, 6.45) is -0.384. The van der Waals surface area contributed by atoms with Crippen molar-refractivity contribution in [3.05, 3.63) is 29.8 Å². The van der Waals surface area contributed by atoms with Crippen LogP contribution in [0.4, 0.5) is 0 Å². The number of nitrogens with two attached hydrogens (primary N) is 1. The predicted molar refractivity (Wildman–Crippen MR) is 69.7 cm³/mol. The van der Waals surface area contributed by atoms with Gasteiger partial charge in [0, 0.05) is 19.1 Å². The van der Waals surface area contributed by atoms with Gasteiger partial charge in [-0.05, 0) is 24.3 Å². The molecule has 0 saturated carbocycles. The van der Waals surface area contributed by atoms with E-state index in [1.807, 2.05) is 5.43 Å². The van der Waals surface area contributed by atoms with Gasteiger partial charge in [-0.25, -0.2) is 5.84 Å². The second kappa shape index (κ2) is 7.50. The molecule has 1 rings (SSSR count). The summed E-state index contributed by atoms with van der Waals surface area (Å²) in [5, 5.41) is 0. The first-order valence-electron chi connectivity index (χ1n) is 5.91. The summed E-state index contributed by atoms with van der Waals surface area (Å²) in [5.41, 5.74) is 2.62. The lowest BCUT2D eigenvalue weighted by molar-refractivity contribution is -0.130. The molecule has 1 aromatic rings. The van der Waals surface area contributed by atoms with Crippen molar-refractivity contribution >= 4 is 11.7 Å². The van der Waals surface area contributed by atoms with Gasteiger partial charge in [0.15, 0.2) is 5.78 Å². The number of hydrazine groups is 1. The van der Waals surface area contributed by atoms with Crippen LogP contribution in [0.5, 0.6) is 5.75 Å². The van der Waals surface area contributed by atoms with Crippen LogP contribution in [-0.2, 0) is 9.53 Å². The lowest BCUT2D eigenvalue weighted by Crippen LogP contribution is -2.44. The average Bonchev–Trinajstić information content (AvgIpc) is 2.46. The smallest absolute Gasteiger partial charge is 0.277 e. The normalized spacial score (nSPS) is 11.7. The Morgan fingerprint density at radius 1 is 1.32 bits per heavy atom. The van der Waals surface area contributed by atoms with Crippen molar-refractivity contribution in [1.82, 2.24) is 5.43 Å². The van der Waals surface area contributed by atoms with E-state index >= 15 is 0 Å². The van der Waals surface area contributed by atoms with Crippen molar-refractivity contribution in [2.75, 3.05) is 13.7 Å². The Bertz CT molecular complexity index is 431. The number of benzene rings is 1. The van der Waals surface area contributed by atoms with Crippen molar-refractivity contribution in [3.8, 4) is 5.75 Å². The van der Waals surface area contributed by atoms with Gasteiger partial charge in [-0.15, -0.1) is 0 Å². The highest BCUT2D eigenvalue weighted by atomic mass is 16.5. The zero-order valence-corrected chi connectivity index (χ0v) is 11.0. The fourth-order valence-electron chi connectivity index (χ4n) is 1.50. The fraction of sp³-hybridized carbons (Fsp3) is 0.385. The van der Waals surface area contributed by atoms with Gasteiger partial charge in [0.1, 0.15) is 5.75 Å². The summed E-state index contributed by atoms with van der Waals surface area (Å²) < 4.78 is 10.3. The van der Waals surface area contributed by atoms with E-state index in [1.54, 1.807) is 31.2 Å². The third-order valence-corrected chi connectivity index (χ3v) is 2.53. The van der Waals surface area contributed by atoms with Crippen LogP contribution >= 0.6 is 0 Å². The van der Waals surface area contributed by atoms with Gasteiger partial charge in [-0.1, -0.05) is 6.92 Å². The van der Waals surface area contributed by atoms with Gasteiger partial charge in [0.05, 0.1) is 6.61 Å². The van der Waals surface area contributed by atoms with Crippen LogP contribution in [0, 0.1) is 0 Å². The standard InChI is InChI=1S/C13H18N2O4/c1-3-11(16)9-4-6-10(7-5-9)19-12(8-18-2)13(17)15-14/h4-7,12H,3,8,14H2,1-2H3,(H,15,17). The first-order valence-corrected chi connectivity index (χ1v) is 5.91. The second-order valence-electron chi connectivity index (χ2n) is 3.87. The van der Waals surface area contributed by atoms with Crippen molar-refractivity contribution in [2.45, 2.75) is 19.4 Å². The van der Waals surface area contributed by atoms with Crippen LogP contribution in [0.3, 0.4) is 0 Å². The SMILES string of the molecule is CCC(=O)c1ccc(OC(COC)C(=O)NN)cc1. The van der Waals surface area contributed by atoms with E-state index in [4.69, 9.17) is 15.3 Å². The first-order chi connectivity index (χ1) is 9.12. The molecule has 0 fully saturated rings. The van der Waals surface area contributed by atoms with E-state index in [1.165, 1.54) is 7.11 Å². The Morgan fingerprint density at radius 3 is 2.42 bits per heavy atom. The van der Waals surface area contributed by atoms with Gasteiger partial charge in [0.25, 0.3) is 5.91 Å². The maximum absolute atomic E-state index is 11.5. The molecule has 1 amide bonds. The van der Waals surface area contributed by atoms with Crippen LogP contribution in [-0.4, -0.2) is 31.5 Å². The minimum atomic E-state index is -0.831. The van der Waals surface area contributed by atoms with E-state index in [0.717, 1.165) is 0 Å². The molecule has 3 N–H and O–H groups in total. The highest BCUT2D eigenvalue weighted by Gasteiger charge is 2.19. The van der Waals surface area contributed by atoms with Crippen LogP contribution in [0.2, 0.25) is 0 Å². The van der Waals surface area contributed by atoms with Crippen molar-refractivity contribution in [1.29, 1.82) is 0 Å². The summed E-state index contributed by atoms with van der Waals surface area (Å²) in [6, 6.07) is 6.58. The fourth-order valence-corrected chi connectivity index (χ4v) is 1.50. The molecule has 0 aromatic heterocycles. The first kappa shape index (κ1) is 15.1. The number of carbonyl (C=O) groups is 2. The largest absolute Gasteiger partial charge is 0.478 e. The molecule has 6 heteroatoms. The number of carbonyl (C=O) groups excluding carboxylic acids is 2. The number of nitrogens with one attached hydrogen (secondary N) is 1. The lowest BCUT2D eigenvalue weighted by atomic mass is 10.1. The summed E-state index contributed by atoms with van der Waals surface area (Å²) in [7, 11) is 1.46. The third kappa shape index (κ3) is 4.35. The predicted octanol–water partition coefficient (Wildman–Crippen LogP) is 0.663. The molecule has 0 aliphatic carbocycles. The minimum Gasteiger partial charge on any atom is -0.478 e. The molecule has 104 valence electrons. The quantitative estimate of drug-likeness (QED) is 0.327. The van der Waals surface area contributed by atoms with Crippen molar-refractivity contribution in [3.63, 3.8) is 0 Å². The third-order valence-electron chi connectivity index (χ3n) is 2.53. The molecule has 1 unspecified atom stereocenters. The van der Waals surface area contributed by atoms with Gasteiger partial charge in [-0.2, -0.15) is 0 Å². The number of Topliss-reactive ketones (excluding diaryl/α,β-unsaturated/α-hetero) is 1. The molecule has 0 radical (unpaired) electrons. The molecule has 1 aromatic carbocycles. The maximum Gasteiger partial charge on any atom is 0.277 e. The molecule has 0 aliphatic heterocycles. The van der Waals surface area contributed by atoms with Crippen LogP contribution in [0.25, 0.3) is 0 Å². The Morgan fingerprint density at radius 2 is 1.95 bits per heavy atom. The molecule has 0 heterocycles. The summed E-state index contributed by atoms with van der Waals surface area (Å²) in [6.45, 7) is 1.88. The van der Waals surface area contributed by atoms with E-state index < -0.39 is 12.0 Å². The van der Waals surface area contributed by atoms with Gasteiger partial charge in [0.2, 0.25) is 6.10 Å². The topological polar surface area (TPSA) is 90.6 Å². The molecule has 0 spiro atoms. The van der Waals surface area contributed by atoms with E-state index in [2.05, 4.69) is 0 Å². The second-order valence-corrected chi connectivity index (χ2v) is 3.87.